The van der Waals surface area contributed by atoms with Gasteiger partial charge < -0.3 is 10.6 Å². The first-order valence-electron chi connectivity index (χ1n) is 7.74. The molecule has 3 nitrogen and oxygen atoms in total. The van der Waals surface area contributed by atoms with Crippen LogP contribution in [0.4, 0.5) is 0 Å². The molecule has 0 aliphatic heterocycles. The van der Waals surface area contributed by atoms with Crippen LogP contribution in [0, 0.1) is 5.92 Å². The van der Waals surface area contributed by atoms with Crippen LogP contribution in [0.25, 0.3) is 0 Å². The van der Waals surface area contributed by atoms with Crippen LogP contribution < -0.4 is 5.73 Å². The highest BCUT2D eigenvalue weighted by atomic mass is 79.9. The number of nitrogens with zero attached hydrogens (tertiary/aromatic N) is 2. The van der Waals surface area contributed by atoms with Crippen molar-refractivity contribution in [1.29, 1.82) is 0 Å². The first-order chi connectivity index (χ1) is 9.85. The van der Waals surface area contributed by atoms with Gasteiger partial charge in [-0.25, -0.2) is 0 Å². The zero-order chi connectivity index (χ0) is 16.0. The van der Waals surface area contributed by atoms with E-state index in [0.717, 1.165) is 26.1 Å². The van der Waals surface area contributed by atoms with Crippen LogP contribution in [-0.4, -0.2) is 49.6 Å². The number of nitrogens with two attached hydrogens (primary N) is 1. The number of hydrogen-bond acceptors (Lipinski definition) is 4. The average molecular weight is 376 g/mol. The Labute approximate surface area is 142 Å². The predicted octanol–water partition coefficient (Wildman–Crippen LogP) is 3.81. The molecule has 2 atom stereocenters. The molecular formula is C16H30BrN3S. The molecule has 0 aromatic carbocycles. The summed E-state index contributed by atoms with van der Waals surface area (Å²) in [4.78, 5) is 6.18. The molecule has 5 heteroatoms. The first kappa shape index (κ1) is 19.1. The topological polar surface area (TPSA) is 32.5 Å². The van der Waals surface area contributed by atoms with Gasteiger partial charge in [-0.05, 0) is 54.5 Å². The Morgan fingerprint density at radius 3 is 2.33 bits per heavy atom. The summed E-state index contributed by atoms with van der Waals surface area (Å²) in [7, 11) is 4.26. The molecule has 0 aliphatic carbocycles. The normalized spacial score (nSPS) is 15.1. The van der Waals surface area contributed by atoms with E-state index in [1.54, 1.807) is 0 Å². The lowest BCUT2D eigenvalue weighted by Crippen LogP contribution is -2.44. The molecule has 122 valence electrons. The number of rotatable bonds is 9. The summed E-state index contributed by atoms with van der Waals surface area (Å²) >= 11 is 5.40. The van der Waals surface area contributed by atoms with E-state index in [-0.39, 0.29) is 6.04 Å². The van der Waals surface area contributed by atoms with Crippen molar-refractivity contribution in [3.63, 3.8) is 0 Å². The number of hydrogen-bond donors (Lipinski definition) is 1. The molecule has 2 unspecified atom stereocenters. The fourth-order valence-corrected chi connectivity index (χ4v) is 4.15. The SMILES string of the molecule is CCC(N)C(c1ccc(Br)s1)N(CCN(C)C)CC(C)C. The predicted molar refractivity (Wildman–Crippen MR) is 98.0 cm³/mol. The van der Waals surface area contributed by atoms with E-state index >= 15 is 0 Å². The second kappa shape index (κ2) is 9.26. The molecule has 1 heterocycles. The molecule has 1 aromatic rings. The second-order valence-corrected chi connectivity index (χ2v) is 8.85. The number of likely N-dealkylation sites (N-methyl/N-ethyl adjacent to an activating group) is 1. The van der Waals surface area contributed by atoms with Gasteiger partial charge in [-0.2, -0.15) is 0 Å². The summed E-state index contributed by atoms with van der Waals surface area (Å²) in [6.45, 7) is 9.94. The lowest BCUT2D eigenvalue weighted by molar-refractivity contribution is 0.141. The van der Waals surface area contributed by atoms with Gasteiger partial charge in [0.2, 0.25) is 0 Å². The summed E-state index contributed by atoms with van der Waals surface area (Å²) < 4.78 is 1.18. The van der Waals surface area contributed by atoms with E-state index in [2.05, 4.69) is 72.7 Å². The molecule has 0 spiro atoms. The Bertz CT molecular complexity index is 406. The van der Waals surface area contributed by atoms with Gasteiger partial charge in [-0.3, -0.25) is 4.90 Å². The van der Waals surface area contributed by atoms with Crippen LogP contribution in [0.3, 0.4) is 0 Å². The summed E-state index contributed by atoms with van der Waals surface area (Å²) in [6, 6.07) is 4.84. The van der Waals surface area contributed by atoms with Crippen molar-refractivity contribution in [3.8, 4) is 0 Å². The van der Waals surface area contributed by atoms with E-state index in [1.165, 1.54) is 8.66 Å². The average Bonchev–Trinajstić information content (AvgIpc) is 2.81. The largest absolute Gasteiger partial charge is 0.326 e. The third kappa shape index (κ3) is 6.37. The second-order valence-electron chi connectivity index (χ2n) is 6.35. The minimum absolute atomic E-state index is 0.177. The monoisotopic (exact) mass is 375 g/mol. The van der Waals surface area contributed by atoms with Crippen LogP contribution >= 0.6 is 27.3 Å². The van der Waals surface area contributed by atoms with Crippen LogP contribution in [0.1, 0.15) is 38.1 Å². The highest BCUT2D eigenvalue weighted by Crippen LogP contribution is 2.33. The molecule has 0 radical (unpaired) electrons. The summed E-state index contributed by atoms with van der Waals surface area (Å²) in [6.07, 6.45) is 0.997. The van der Waals surface area contributed by atoms with Crippen LogP contribution in [0.5, 0.6) is 0 Å². The third-order valence-electron chi connectivity index (χ3n) is 3.59. The fourth-order valence-electron chi connectivity index (χ4n) is 2.51. The van der Waals surface area contributed by atoms with Gasteiger partial charge >= 0.3 is 0 Å². The van der Waals surface area contributed by atoms with Crippen molar-refractivity contribution in [2.45, 2.75) is 39.3 Å². The first-order valence-corrected chi connectivity index (χ1v) is 9.35. The van der Waals surface area contributed by atoms with Crippen molar-refractivity contribution in [3.05, 3.63) is 20.8 Å². The maximum absolute atomic E-state index is 6.48. The maximum Gasteiger partial charge on any atom is 0.0702 e. The zero-order valence-electron chi connectivity index (χ0n) is 14.0. The van der Waals surface area contributed by atoms with Gasteiger partial charge in [0.25, 0.3) is 0 Å². The Kier molecular flexibility index (Phi) is 8.42. The standard InChI is InChI=1S/C16H30BrN3S/c1-6-13(18)16(14-7-8-15(17)21-14)20(11-12(2)3)10-9-19(4)5/h7-8,12-13,16H,6,9-11,18H2,1-5H3. The fraction of sp³-hybridized carbons (Fsp3) is 0.750. The van der Waals surface area contributed by atoms with Gasteiger partial charge in [-0.1, -0.05) is 20.8 Å². The maximum atomic E-state index is 6.48. The lowest BCUT2D eigenvalue weighted by atomic mass is 10.0. The molecule has 1 aromatic heterocycles. The van der Waals surface area contributed by atoms with E-state index in [9.17, 15) is 0 Å². The number of halogens is 1. The molecule has 0 amide bonds. The molecule has 0 bridgehead atoms. The quantitative estimate of drug-likeness (QED) is 0.711. The van der Waals surface area contributed by atoms with Crippen LogP contribution in [0.2, 0.25) is 0 Å². The Hall–Kier alpha value is 0.0600. The molecule has 0 fully saturated rings. The summed E-state index contributed by atoms with van der Waals surface area (Å²) in [5.74, 6) is 0.641. The highest BCUT2D eigenvalue weighted by Gasteiger charge is 2.27. The summed E-state index contributed by atoms with van der Waals surface area (Å²) in [5.41, 5.74) is 6.48. The van der Waals surface area contributed by atoms with Gasteiger partial charge in [-0.15, -0.1) is 11.3 Å². The Morgan fingerprint density at radius 1 is 1.24 bits per heavy atom. The van der Waals surface area contributed by atoms with Crippen molar-refractivity contribution in [1.82, 2.24) is 9.80 Å². The molecule has 0 aliphatic rings. The van der Waals surface area contributed by atoms with Crippen molar-refractivity contribution >= 4 is 27.3 Å². The van der Waals surface area contributed by atoms with Gasteiger partial charge in [0, 0.05) is 30.6 Å². The van der Waals surface area contributed by atoms with Gasteiger partial charge in [0.05, 0.1) is 9.83 Å². The third-order valence-corrected chi connectivity index (χ3v) is 5.28. The molecule has 0 saturated carbocycles. The molecule has 2 N–H and O–H groups in total. The van der Waals surface area contributed by atoms with Gasteiger partial charge in [0.15, 0.2) is 0 Å². The minimum atomic E-state index is 0.177. The van der Waals surface area contributed by atoms with E-state index < -0.39 is 0 Å². The van der Waals surface area contributed by atoms with E-state index in [4.69, 9.17) is 5.73 Å². The van der Waals surface area contributed by atoms with Crippen LogP contribution in [0.15, 0.2) is 15.9 Å². The van der Waals surface area contributed by atoms with Crippen molar-refractivity contribution in [2.75, 3.05) is 33.7 Å². The van der Waals surface area contributed by atoms with Crippen LogP contribution in [-0.2, 0) is 0 Å². The summed E-state index contributed by atoms with van der Waals surface area (Å²) in [5, 5.41) is 0. The van der Waals surface area contributed by atoms with E-state index in [1.807, 2.05) is 11.3 Å². The smallest absolute Gasteiger partial charge is 0.0702 e. The Balaban J connectivity index is 2.98. The molecule has 1 rings (SSSR count). The number of thiophene rings is 1. The highest BCUT2D eigenvalue weighted by molar-refractivity contribution is 9.11. The zero-order valence-corrected chi connectivity index (χ0v) is 16.4. The lowest BCUT2D eigenvalue weighted by Gasteiger charge is -2.36. The van der Waals surface area contributed by atoms with Crippen molar-refractivity contribution in [2.24, 2.45) is 11.7 Å². The molecule has 21 heavy (non-hydrogen) atoms. The van der Waals surface area contributed by atoms with Gasteiger partial charge in [0.1, 0.15) is 0 Å². The molecular weight excluding hydrogens is 346 g/mol. The minimum Gasteiger partial charge on any atom is -0.326 e. The molecule has 0 saturated heterocycles. The Morgan fingerprint density at radius 2 is 1.90 bits per heavy atom. The van der Waals surface area contributed by atoms with E-state index in [0.29, 0.717) is 12.0 Å². The van der Waals surface area contributed by atoms with Crippen molar-refractivity contribution < 1.29 is 0 Å².